The van der Waals surface area contributed by atoms with Crippen LogP contribution in [0.4, 0.5) is 0 Å². The molecule has 0 aliphatic heterocycles. The van der Waals surface area contributed by atoms with Gasteiger partial charge in [-0.05, 0) is 25.0 Å². The summed E-state index contributed by atoms with van der Waals surface area (Å²) in [6, 6.07) is 1.91. The van der Waals surface area contributed by atoms with Gasteiger partial charge in [0, 0.05) is 11.9 Å². The molecular weight excluding hydrogens is 124 g/mol. The van der Waals surface area contributed by atoms with Gasteiger partial charge >= 0.3 is 0 Å². The zero-order valence-electron chi connectivity index (χ0n) is 5.83. The number of allylic oxidation sites excluding steroid dienone is 2. The average Bonchev–Trinajstić information content (AvgIpc) is 2.68. The summed E-state index contributed by atoms with van der Waals surface area (Å²) in [6.45, 7) is 1.98. The first-order valence-electron chi connectivity index (χ1n) is 3.35. The van der Waals surface area contributed by atoms with Crippen LogP contribution in [0.2, 0.25) is 0 Å². The Balaban J connectivity index is 2.42. The lowest BCUT2D eigenvalue weighted by Crippen LogP contribution is -1.89. The SMILES string of the molecule is Cc1ccnc(C2=CC2)n1. The van der Waals surface area contributed by atoms with Gasteiger partial charge in [-0.3, -0.25) is 0 Å². The van der Waals surface area contributed by atoms with Gasteiger partial charge in [-0.1, -0.05) is 6.08 Å². The molecule has 2 heteroatoms. The minimum atomic E-state index is 0.903. The van der Waals surface area contributed by atoms with Gasteiger partial charge in [0.2, 0.25) is 0 Å². The molecule has 2 nitrogen and oxygen atoms in total. The summed E-state index contributed by atoms with van der Waals surface area (Å²) >= 11 is 0. The maximum Gasteiger partial charge on any atom is 0.155 e. The number of nitrogens with zero attached hydrogens (tertiary/aromatic N) is 2. The first kappa shape index (κ1) is 5.59. The van der Waals surface area contributed by atoms with Gasteiger partial charge in [-0.2, -0.15) is 0 Å². The molecule has 0 radical (unpaired) electrons. The molecule has 0 unspecified atom stereocenters. The number of aromatic nitrogens is 2. The molecule has 1 aliphatic rings. The molecule has 0 amide bonds. The lowest BCUT2D eigenvalue weighted by Gasteiger charge is -1.92. The summed E-state index contributed by atoms with van der Waals surface area (Å²) in [7, 11) is 0. The molecule has 0 saturated carbocycles. The summed E-state index contributed by atoms with van der Waals surface area (Å²) in [5, 5.41) is 0. The third-order valence-corrected chi connectivity index (χ3v) is 1.49. The van der Waals surface area contributed by atoms with Gasteiger partial charge in [0.15, 0.2) is 5.82 Å². The Labute approximate surface area is 59.6 Å². The third-order valence-electron chi connectivity index (χ3n) is 1.49. The summed E-state index contributed by atoms with van der Waals surface area (Å²) < 4.78 is 0. The van der Waals surface area contributed by atoms with Crippen molar-refractivity contribution >= 4 is 5.57 Å². The number of hydrogen-bond donors (Lipinski definition) is 0. The van der Waals surface area contributed by atoms with Crippen LogP contribution in [0.25, 0.3) is 5.57 Å². The van der Waals surface area contributed by atoms with Crippen molar-refractivity contribution in [1.82, 2.24) is 9.97 Å². The van der Waals surface area contributed by atoms with Crippen molar-refractivity contribution in [3.05, 3.63) is 29.9 Å². The van der Waals surface area contributed by atoms with E-state index in [4.69, 9.17) is 0 Å². The molecule has 0 spiro atoms. The van der Waals surface area contributed by atoms with E-state index >= 15 is 0 Å². The van der Waals surface area contributed by atoms with Crippen molar-refractivity contribution in [3.63, 3.8) is 0 Å². The second-order valence-electron chi connectivity index (χ2n) is 2.46. The van der Waals surface area contributed by atoms with Crippen molar-refractivity contribution in [1.29, 1.82) is 0 Å². The van der Waals surface area contributed by atoms with Crippen molar-refractivity contribution < 1.29 is 0 Å². The highest BCUT2D eigenvalue weighted by Crippen LogP contribution is 2.27. The van der Waals surface area contributed by atoms with Crippen LogP contribution in [0, 0.1) is 6.92 Å². The largest absolute Gasteiger partial charge is 0.237 e. The van der Waals surface area contributed by atoms with Crippen molar-refractivity contribution in [2.24, 2.45) is 0 Å². The van der Waals surface area contributed by atoms with Gasteiger partial charge in [-0.25, -0.2) is 9.97 Å². The zero-order valence-corrected chi connectivity index (χ0v) is 5.83. The Hall–Kier alpha value is -1.18. The van der Waals surface area contributed by atoms with Crippen LogP contribution in [-0.2, 0) is 0 Å². The van der Waals surface area contributed by atoms with E-state index in [2.05, 4.69) is 16.0 Å². The Bertz CT molecular complexity index is 289. The summed E-state index contributed by atoms with van der Waals surface area (Å²) in [6.07, 6.45) is 5.01. The Morgan fingerprint density at radius 1 is 1.50 bits per heavy atom. The predicted octanol–water partition coefficient (Wildman–Crippen LogP) is 1.57. The summed E-state index contributed by atoms with van der Waals surface area (Å²) in [5.74, 6) is 0.903. The van der Waals surface area contributed by atoms with Crippen molar-refractivity contribution in [2.75, 3.05) is 0 Å². The van der Waals surface area contributed by atoms with E-state index in [1.165, 1.54) is 5.57 Å². The van der Waals surface area contributed by atoms with Crippen LogP contribution < -0.4 is 0 Å². The van der Waals surface area contributed by atoms with E-state index in [-0.39, 0.29) is 0 Å². The normalized spacial score (nSPS) is 14.7. The second kappa shape index (κ2) is 1.90. The van der Waals surface area contributed by atoms with Gasteiger partial charge in [0.25, 0.3) is 0 Å². The highest BCUT2D eigenvalue weighted by atomic mass is 14.9. The lowest BCUT2D eigenvalue weighted by molar-refractivity contribution is 1.07. The quantitative estimate of drug-likeness (QED) is 0.579. The van der Waals surface area contributed by atoms with Crippen molar-refractivity contribution in [3.8, 4) is 0 Å². The fourth-order valence-electron chi connectivity index (χ4n) is 0.837. The standard InChI is InChI=1S/C8H8N2/c1-6-4-5-9-8(10-6)7-2-3-7/h2,4-5H,3H2,1H3. The first-order chi connectivity index (χ1) is 4.86. The highest BCUT2D eigenvalue weighted by Gasteiger charge is 2.12. The number of aryl methyl sites for hydroxylation is 1. The zero-order chi connectivity index (χ0) is 6.97. The van der Waals surface area contributed by atoms with E-state index in [0.29, 0.717) is 0 Å². The second-order valence-corrected chi connectivity index (χ2v) is 2.46. The van der Waals surface area contributed by atoms with Crippen molar-refractivity contribution in [2.45, 2.75) is 13.3 Å². The molecule has 0 fully saturated rings. The molecular formula is C8H8N2. The van der Waals surface area contributed by atoms with Gasteiger partial charge < -0.3 is 0 Å². The molecule has 0 N–H and O–H groups in total. The number of hydrogen-bond acceptors (Lipinski definition) is 2. The molecule has 0 bridgehead atoms. The fourth-order valence-corrected chi connectivity index (χ4v) is 0.837. The van der Waals surface area contributed by atoms with E-state index < -0.39 is 0 Å². The molecule has 0 aromatic carbocycles. The number of rotatable bonds is 1. The summed E-state index contributed by atoms with van der Waals surface area (Å²) in [5.41, 5.74) is 2.32. The highest BCUT2D eigenvalue weighted by molar-refractivity contribution is 5.72. The van der Waals surface area contributed by atoms with Crippen LogP contribution in [0.1, 0.15) is 17.9 Å². The average molecular weight is 132 g/mol. The fraction of sp³-hybridized carbons (Fsp3) is 0.250. The van der Waals surface area contributed by atoms with Gasteiger partial charge in [-0.15, -0.1) is 0 Å². The van der Waals surface area contributed by atoms with Crippen LogP contribution in [0.15, 0.2) is 18.3 Å². The molecule has 1 aromatic rings. The molecule has 0 saturated heterocycles. The van der Waals surface area contributed by atoms with Crippen LogP contribution in [0.5, 0.6) is 0 Å². The molecule has 0 atom stereocenters. The lowest BCUT2D eigenvalue weighted by atomic mass is 10.4. The molecule has 10 heavy (non-hydrogen) atoms. The van der Waals surface area contributed by atoms with E-state index in [9.17, 15) is 0 Å². The molecule has 2 rings (SSSR count). The Morgan fingerprint density at radius 3 is 2.90 bits per heavy atom. The van der Waals surface area contributed by atoms with Crippen LogP contribution in [0.3, 0.4) is 0 Å². The monoisotopic (exact) mass is 132 g/mol. The van der Waals surface area contributed by atoms with E-state index in [0.717, 1.165) is 17.9 Å². The first-order valence-corrected chi connectivity index (χ1v) is 3.35. The van der Waals surface area contributed by atoms with Crippen LogP contribution >= 0.6 is 0 Å². The predicted molar refractivity (Wildman–Crippen MR) is 39.4 cm³/mol. The van der Waals surface area contributed by atoms with Gasteiger partial charge in [0.1, 0.15) is 0 Å². The smallest absolute Gasteiger partial charge is 0.155 e. The molecule has 1 heterocycles. The minimum Gasteiger partial charge on any atom is -0.237 e. The topological polar surface area (TPSA) is 25.8 Å². The third kappa shape index (κ3) is 0.923. The minimum absolute atomic E-state index is 0.903. The Kier molecular flexibility index (Phi) is 1.07. The molecule has 1 aliphatic carbocycles. The van der Waals surface area contributed by atoms with E-state index in [1.54, 1.807) is 6.20 Å². The maximum absolute atomic E-state index is 4.26. The summed E-state index contributed by atoms with van der Waals surface area (Å²) in [4.78, 5) is 8.38. The maximum atomic E-state index is 4.26. The van der Waals surface area contributed by atoms with Gasteiger partial charge in [0.05, 0.1) is 0 Å². The van der Waals surface area contributed by atoms with E-state index in [1.807, 2.05) is 13.0 Å². The molecule has 50 valence electrons. The Morgan fingerprint density at radius 2 is 2.30 bits per heavy atom. The molecule has 1 aromatic heterocycles. The van der Waals surface area contributed by atoms with Crippen LogP contribution in [-0.4, -0.2) is 9.97 Å².